The largest absolute Gasteiger partial charge is 0.372 e. The lowest BCUT2D eigenvalue weighted by Crippen LogP contribution is -2.47. The average Bonchev–Trinajstić information content (AvgIpc) is 3.11. The van der Waals surface area contributed by atoms with Crippen LogP contribution in [0.5, 0.6) is 0 Å². The van der Waals surface area contributed by atoms with Crippen LogP contribution < -0.4 is 10.2 Å². The molecule has 1 aromatic carbocycles. The Morgan fingerprint density at radius 3 is 2.56 bits per heavy atom. The molecular weight excluding hydrogens is 338 g/mol. The van der Waals surface area contributed by atoms with Gasteiger partial charge in [0.1, 0.15) is 6.04 Å². The Morgan fingerprint density at radius 2 is 1.93 bits per heavy atom. The van der Waals surface area contributed by atoms with Gasteiger partial charge in [0.05, 0.1) is 0 Å². The normalized spacial score (nSPS) is 17.0. The van der Waals surface area contributed by atoms with E-state index in [4.69, 9.17) is 0 Å². The molecule has 1 atom stereocenters. The Labute approximate surface area is 164 Å². The molecule has 1 N–H and O–H groups in total. The second kappa shape index (κ2) is 9.77. The molecule has 0 spiro atoms. The first-order chi connectivity index (χ1) is 12.8. The van der Waals surface area contributed by atoms with Gasteiger partial charge in [-0.2, -0.15) is 0 Å². The summed E-state index contributed by atoms with van der Waals surface area (Å²) in [5.41, 5.74) is 1.16. The molecule has 5 heteroatoms. The van der Waals surface area contributed by atoms with Crippen LogP contribution in [-0.4, -0.2) is 48.9 Å². The second-order valence-corrected chi connectivity index (χ2v) is 8.54. The maximum Gasteiger partial charge on any atom is 0.242 e. The number of para-hydroxylation sites is 1. The van der Waals surface area contributed by atoms with Gasteiger partial charge in [-0.3, -0.25) is 9.59 Å². The molecule has 150 valence electrons. The van der Waals surface area contributed by atoms with Gasteiger partial charge in [0.15, 0.2) is 0 Å². The first kappa shape index (κ1) is 21.3. The maximum absolute atomic E-state index is 12.6. The number of benzene rings is 1. The lowest BCUT2D eigenvalue weighted by Gasteiger charge is -2.28. The molecule has 0 unspecified atom stereocenters. The van der Waals surface area contributed by atoms with E-state index in [2.05, 4.69) is 50.0 Å². The van der Waals surface area contributed by atoms with E-state index >= 15 is 0 Å². The predicted octanol–water partition coefficient (Wildman–Crippen LogP) is 3.45. The first-order valence-corrected chi connectivity index (χ1v) is 10.2. The van der Waals surface area contributed by atoms with Crippen LogP contribution in [0.15, 0.2) is 30.3 Å². The molecule has 0 saturated carbocycles. The summed E-state index contributed by atoms with van der Waals surface area (Å²) in [5.74, 6) is 0.0962. The number of hydrogen-bond donors (Lipinski definition) is 1. The lowest BCUT2D eigenvalue weighted by atomic mass is 9.91. The quantitative estimate of drug-likeness (QED) is 0.710. The fourth-order valence-electron chi connectivity index (χ4n) is 3.60. The molecule has 1 aromatic rings. The summed E-state index contributed by atoms with van der Waals surface area (Å²) in [4.78, 5) is 29.2. The van der Waals surface area contributed by atoms with Crippen molar-refractivity contribution in [3.05, 3.63) is 30.3 Å². The van der Waals surface area contributed by atoms with Crippen molar-refractivity contribution in [2.75, 3.05) is 31.1 Å². The average molecular weight is 374 g/mol. The van der Waals surface area contributed by atoms with Gasteiger partial charge in [-0.25, -0.2) is 0 Å². The number of nitrogens with zero attached hydrogens (tertiary/aromatic N) is 2. The minimum absolute atomic E-state index is 0.00230. The Balaban J connectivity index is 1.78. The number of anilines is 1. The lowest BCUT2D eigenvalue weighted by molar-refractivity contribution is -0.139. The van der Waals surface area contributed by atoms with Crippen molar-refractivity contribution in [3.63, 3.8) is 0 Å². The Bertz CT molecular complexity index is 610. The van der Waals surface area contributed by atoms with Gasteiger partial charge in [-0.05, 0) is 43.7 Å². The van der Waals surface area contributed by atoms with E-state index in [1.807, 2.05) is 18.2 Å². The summed E-state index contributed by atoms with van der Waals surface area (Å²) in [6.45, 7) is 11.5. The zero-order valence-corrected chi connectivity index (χ0v) is 17.3. The second-order valence-electron chi connectivity index (χ2n) is 8.54. The number of hydrogen-bond acceptors (Lipinski definition) is 3. The Kier molecular flexibility index (Phi) is 7.69. The van der Waals surface area contributed by atoms with Crippen molar-refractivity contribution in [2.45, 2.75) is 59.4 Å². The third kappa shape index (κ3) is 6.56. The van der Waals surface area contributed by atoms with Crippen molar-refractivity contribution in [2.24, 2.45) is 5.41 Å². The van der Waals surface area contributed by atoms with Crippen LogP contribution in [0.2, 0.25) is 0 Å². The molecule has 1 aliphatic rings. The van der Waals surface area contributed by atoms with Gasteiger partial charge >= 0.3 is 0 Å². The fourth-order valence-corrected chi connectivity index (χ4v) is 3.60. The van der Waals surface area contributed by atoms with Crippen LogP contribution in [0.3, 0.4) is 0 Å². The van der Waals surface area contributed by atoms with E-state index in [1.54, 1.807) is 4.90 Å². The topological polar surface area (TPSA) is 52.7 Å². The van der Waals surface area contributed by atoms with Crippen LogP contribution in [0.1, 0.15) is 53.4 Å². The molecule has 2 rings (SSSR count). The molecule has 1 aliphatic heterocycles. The third-order valence-electron chi connectivity index (χ3n) is 4.96. The molecule has 5 nitrogen and oxygen atoms in total. The zero-order valence-electron chi connectivity index (χ0n) is 17.3. The van der Waals surface area contributed by atoms with Crippen molar-refractivity contribution in [3.8, 4) is 0 Å². The van der Waals surface area contributed by atoms with E-state index in [1.165, 1.54) is 5.69 Å². The molecule has 0 radical (unpaired) electrons. The highest BCUT2D eigenvalue weighted by atomic mass is 16.2. The van der Waals surface area contributed by atoms with Gasteiger partial charge in [0.2, 0.25) is 11.8 Å². The number of likely N-dealkylation sites (tertiary alicyclic amines) is 1. The highest BCUT2D eigenvalue weighted by molar-refractivity contribution is 5.88. The van der Waals surface area contributed by atoms with Gasteiger partial charge in [-0.1, -0.05) is 39.0 Å². The summed E-state index contributed by atoms with van der Waals surface area (Å²) in [5, 5.41) is 3.04. The molecule has 2 amide bonds. The van der Waals surface area contributed by atoms with E-state index in [0.29, 0.717) is 19.5 Å². The van der Waals surface area contributed by atoms with Gasteiger partial charge < -0.3 is 15.1 Å². The SMILES string of the molecule is CCN(CCCNC(=O)[C@@H]1CCCN1C(=O)CC(C)(C)C)c1ccccc1. The summed E-state index contributed by atoms with van der Waals surface area (Å²) in [7, 11) is 0. The summed E-state index contributed by atoms with van der Waals surface area (Å²) in [6.07, 6.45) is 3.05. The molecule has 0 aliphatic carbocycles. The number of carbonyl (C=O) groups is 2. The Morgan fingerprint density at radius 1 is 1.22 bits per heavy atom. The van der Waals surface area contributed by atoms with Crippen molar-refractivity contribution >= 4 is 17.5 Å². The maximum atomic E-state index is 12.6. The summed E-state index contributed by atoms with van der Waals surface area (Å²) in [6, 6.07) is 10.0. The zero-order chi connectivity index (χ0) is 19.9. The summed E-state index contributed by atoms with van der Waals surface area (Å²) >= 11 is 0. The minimum Gasteiger partial charge on any atom is -0.372 e. The van der Waals surface area contributed by atoms with E-state index in [9.17, 15) is 9.59 Å². The highest BCUT2D eigenvalue weighted by Crippen LogP contribution is 2.24. The molecular formula is C22H35N3O2. The predicted molar refractivity (Wildman–Crippen MR) is 111 cm³/mol. The molecule has 0 aromatic heterocycles. The van der Waals surface area contributed by atoms with Crippen molar-refractivity contribution in [1.82, 2.24) is 10.2 Å². The number of carbonyl (C=O) groups excluding carboxylic acids is 2. The van der Waals surface area contributed by atoms with E-state index < -0.39 is 0 Å². The smallest absolute Gasteiger partial charge is 0.242 e. The number of rotatable bonds is 8. The standard InChI is InChI=1S/C22H35N3O2/c1-5-24(18-11-7-6-8-12-18)15-10-14-23-21(27)19-13-9-16-25(19)20(26)17-22(2,3)4/h6-8,11-12,19H,5,9-10,13-17H2,1-4H3,(H,23,27)/t19-/m0/s1. The van der Waals surface area contributed by atoms with Crippen LogP contribution in [0.25, 0.3) is 0 Å². The molecule has 1 heterocycles. The van der Waals surface area contributed by atoms with Crippen LogP contribution in [0, 0.1) is 5.41 Å². The van der Waals surface area contributed by atoms with Crippen LogP contribution in [-0.2, 0) is 9.59 Å². The molecule has 27 heavy (non-hydrogen) atoms. The van der Waals surface area contributed by atoms with Crippen molar-refractivity contribution < 1.29 is 9.59 Å². The van der Waals surface area contributed by atoms with Gasteiger partial charge in [0, 0.05) is 38.3 Å². The fraction of sp³-hybridized carbons (Fsp3) is 0.636. The summed E-state index contributed by atoms with van der Waals surface area (Å²) < 4.78 is 0. The number of amides is 2. The van der Waals surface area contributed by atoms with Crippen molar-refractivity contribution in [1.29, 1.82) is 0 Å². The van der Waals surface area contributed by atoms with Crippen LogP contribution in [0.4, 0.5) is 5.69 Å². The van der Waals surface area contributed by atoms with Gasteiger partial charge in [-0.15, -0.1) is 0 Å². The minimum atomic E-state index is -0.295. The van der Waals surface area contributed by atoms with Crippen LogP contribution >= 0.6 is 0 Å². The van der Waals surface area contributed by atoms with E-state index in [-0.39, 0.29) is 23.3 Å². The van der Waals surface area contributed by atoms with E-state index in [0.717, 1.165) is 32.4 Å². The monoisotopic (exact) mass is 373 g/mol. The third-order valence-corrected chi connectivity index (χ3v) is 4.96. The number of nitrogens with one attached hydrogen (secondary N) is 1. The molecule has 1 fully saturated rings. The highest BCUT2D eigenvalue weighted by Gasteiger charge is 2.35. The van der Waals surface area contributed by atoms with Gasteiger partial charge in [0.25, 0.3) is 0 Å². The molecule has 0 bridgehead atoms. The first-order valence-electron chi connectivity index (χ1n) is 10.2. The Hall–Kier alpha value is -2.04. The molecule has 1 saturated heterocycles.